The summed E-state index contributed by atoms with van der Waals surface area (Å²) in [6, 6.07) is 15.3. The molecule has 0 saturated heterocycles. The van der Waals surface area contributed by atoms with Crippen LogP contribution in [0.2, 0.25) is 0 Å². The van der Waals surface area contributed by atoms with Gasteiger partial charge in [0, 0.05) is 11.3 Å². The average molecular weight is 352 g/mol. The van der Waals surface area contributed by atoms with Gasteiger partial charge in [0.25, 0.3) is 0 Å². The van der Waals surface area contributed by atoms with Crippen LogP contribution in [-0.2, 0) is 16.1 Å². The third-order valence-corrected chi connectivity index (χ3v) is 5.24. The van der Waals surface area contributed by atoms with Gasteiger partial charge in [-0.15, -0.1) is 11.8 Å². The summed E-state index contributed by atoms with van der Waals surface area (Å²) in [6.45, 7) is 0.309. The van der Waals surface area contributed by atoms with Crippen molar-refractivity contribution in [2.24, 2.45) is 0 Å². The van der Waals surface area contributed by atoms with Crippen LogP contribution in [0.25, 0.3) is 11.0 Å². The van der Waals surface area contributed by atoms with Gasteiger partial charge in [-0.3, -0.25) is 9.59 Å². The fourth-order valence-electron chi connectivity index (χ4n) is 2.74. The zero-order chi connectivity index (χ0) is 17.2. The number of anilines is 1. The van der Waals surface area contributed by atoms with E-state index in [2.05, 4.69) is 20.6 Å². The highest BCUT2D eigenvalue weighted by molar-refractivity contribution is 8.01. The molecule has 3 N–H and O–H groups in total. The number of para-hydroxylation sites is 3. The largest absolute Gasteiger partial charge is 0.349 e. The number of aromatic nitrogens is 2. The Morgan fingerprint density at radius 1 is 1.16 bits per heavy atom. The second-order valence-electron chi connectivity index (χ2n) is 5.77. The summed E-state index contributed by atoms with van der Waals surface area (Å²) in [7, 11) is 0. The molecule has 1 aliphatic heterocycles. The monoisotopic (exact) mass is 352 g/mol. The Labute approximate surface area is 148 Å². The lowest BCUT2D eigenvalue weighted by atomic mass is 10.2. The summed E-state index contributed by atoms with van der Waals surface area (Å²) >= 11 is 1.42. The number of benzene rings is 2. The first kappa shape index (κ1) is 15.7. The van der Waals surface area contributed by atoms with Crippen LogP contribution in [0, 0.1) is 0 Å². The Morgan fingerprint density at radius 3 is 2.84 bits per heavy atom. The molecule has 1 aliphatic rings. The molecule has 2 amide bonds. The molecule has 0 unspecified atom stereocenters. The van der Waals surface area contributed by atoms with E-state index in [4.69, 9.17) is 0 Å². The Bertz CT molecular complexity index is 920. The highest BCUT2D eigenvalue weighted by Crippen LogP contribution is 2.36. The van der Waals surface area contributed by atoms with Crippen LogP contribution in [-0.4, -0.2) is 27.0 Å². The number of thioether (sulfide) groups is 1. The Hall–Kier alpha value is -2.80. The van der Waals surface area contributed by atoms with E-state index < -0.39 is 5.25 Å². The number of carbonyl (C=O) groups excluding carboxylic acids is 2. The molecule has 0 aliphatic carbocycles. The quantitative estimate of drug-likeness (QED) is 0.674. The first-order valence-corrected chi connectivity index (χ1v) is 8.84. The molecule has 0 saturated carbocycles. The molecule has 7 heteroatoms. The second kappa shape index (κ2) is 6.60. The van der Waals surface area contributed by atoms with Crippen molar-refractivity contribution in [3.8, 4) is 0 Å². The number of amides is 2. The third-order valence-electron chi connectivity index (χ3n) is 3.97. The van der Waals surface area contributed by atoms with Gasteiger partial charge in [-0.25, -0.2) is 4.98 Å². The Morgan fingerprint density at radius 2 is 1.96 bits per heavy atom. The van der Waals surface area contributed by atoms with Crippen LogP contribution in [0.5, 0.6) is 0 Å². The van der Waals surface area contributed by atoms with Crippen molar-refractivity contribution in [1.82, 2.24) is 15.3 Å². The number of fused-ring (bicyclic) bond motifs is 2. The standard InChI is InChI=1S/C18H16N4O2S/c23-17(19-10-16-20-11-5-1-2-6-12(11)21-16)9-15-18(24)22-13-7-3-4-8-14(13)25-15/h1-8,15H,9-10H2,(H,19,23)(H,20,21)(H,22,24)/t15-/m0/s1. The maximum absolute atomic E-state index is 12.2. The molecule has 3 aromatic rings. The highest BCUT2D eigenvalue weighted by Gasteiger charge is 2.28. The van der Waals surface area contributed by atoms with E-state index in [1.54, 1.807) is 0 Å². The van der Waals surface area contributed by atoms with E-state index >= 15 is 0 Å². The van der Waals surface area contributed by atoms with Gasteiger partial charge in [0.15, 0.2) is 0 Å². The van der Waals surface area contributed by atoms with Crippen LogP contribution < -0.4 is 10.6 Å². The summed E-state index contributed by atoms with van der Waals surface area (Å²) in [5, 5.41) is 5.25. The lowest BCUT2D eigenvalue weighted by Gasteiger charge is -2.23. The summed E-state index contributed by atoms with van der Waals surface area (Å²) < 4.78 is 0. The van der Waals surface area contributed by atoms with Gasteiger partial charge < -0.3 is 15.6 Å². The fourth-order valence-corrected chi connectivity index (χ4v) is 3.85. The fraction of sp³-hybridized carbons (Fsp3) is 0.167. The average Bonchev–Trinajstić information content (AvgIpc) is 3.03. The number of hydrogen-bond acceptors (Lipinski definition) is 4. The molecule has 4 rings (SSSR count). The zero-order valence-electron chi connectivity index (χ0n) is 13.3. The summed E-state index contributed by atoms with van der Waals surface area (Å²) in [5.41, 5.74) is 2.60. The number of aromatic amines is 1. The van der Waals surface area contributed by atoms with Crippen molar-refractivity contribution in [1.29, 1.82) is 0 Å². The number of nitrogens with one attached hydrogen (secondary N) is 3. The maximum Gasteiger partial charge on any atom is 0.238 e. The number of hydrogen-bond donors (Lipinski definition) is 3. The van der Waals surface area contributed by atoms with E-state index in [0.717, 1.165) is 21.6 Å². The van der Waals surface area contributed by atoms with Gasteiger partial charge in [-0.05, 0) is 24.3 Å². The smallest absolute Gasteiger partial charge is 0.238 e. The predicted molar refractivity (Wildman–Crippen MR) is 97.3 cm³/mol. The Balaban J connectivity index is 1.36. The van der Waals surface area contributed by atoms with E-state index in [-0.39, 0.29) is 18.2 Å². The van der Waals surface area contributed by atoms with Gasteiger partial charge in [-0.2, -0.15) is 0 Å². The molecule has 2 aromatic carbocycles. The predicted octanol–water partition coefficient (Wildman–Crippen LogP) is 2.68. The lowest BCUT2D eigenvalue weighted by molar-refractivity contribution is -0.124. The van der Waals surface area contributed by atoms with Gasteiger partial charge in [0.05, 0.1) is 28.5 Å². The molecular weight excluding hydrogens is 336 g/mol. The minimum absolute atomic E-state index is 0.130. The highest BCUT2D eigenvalue weighted by atomic mass is 32.2. The minimum Gasteiger partial charge on any atom is -0.349 e. The van der Waals surface area contributed by atoms with Crippen molar-refractivity contribution in [2.75, 3.05) is 5.32 Å². The first-order valence-electron chi connectivity index (χ1n) is 7.96. The first-order chi connectivity index (χ1) is 12.2. The lowest BCUT2D eigenvalue weighted by Crippen LogP contribution is -2.34. The van der Waals surface area contributed by atoms with Crippen molar-refractivity contribution in [3.05, 3.63) is 54.4 Å². The van der Waals surface area contributed by atoms with Crippen LogP contribution in [0.1, 0.15) is 12.2 Å². The summed E-state index contributed by atoms with van der Waals surface area (Å²) in [6.07, 6.45) is 0.130. The van der Waals surface area contributed by atoms with Gasteiger partial charge in [-0.1, -0.05) is 24.3 Å². The molecule has 0 bridgehead atoms. The molecule has 1 aromatic heterocycles. The minimum atomic E-state index is -0.425. The molecule has 0 fully saturated rings. The van der Waals surface area contributed by atoms with E-state index in [1.165, 1.54) is 11.8 Å². The van der Waals surface area contributed by atoms with Gasteiger partial charge in [0.2, 0.25) is 11.8 Å². The third kappa shape index (κ3) is 3.36. The molecule has 0 radical (unpaired) electrons. The van der Waals surface area contributed by atoms with Crippen molar-refractivity contribution in [2.45, 2.75) is 23.1 Å². The molecule has 1 atom stereocenters. The Kier molecular flexibility index (Phi) is 4.15. The van der Waals surface area contributed by atoms with Crippen LogP contribution in [0.4, 0.5) is 5.69 Å². The molecule has 25 heavy (non-hydrogen) atoms. The second-order valence-corrected chi connectivity index (χ2v) is 7.02. The van der Waals surface area contributed by atoms with Crippen molar-refractivity contribution < 1.29 is 9.59 Å². The van der Waals surface area contributed by atoms with E-state index in [1.807, 2.05) is 48.5 Å². The number of nitrogens with zero attached hydrogens (tertiary/aromatic N) is 1. The number of imidazole rings is 1. The zero-order valence-corrected chi connectivity index (χ0v) is 14.1. The number of H-pyrrole nitrogens is 1. The van der Waals surface area contributed by atoms with Crippen molar-refractivity contribution >= 4 is 40.3 Å². The van der Waals surface area contributed by atoms with E-state index in [9.17, 15) is 9.59 Å². The SMILES string of the molecule is O=C(C[C@@H]1Sc2ccccc2NC1=O)NCc1nc2ccccc2[nH]1. The van der Waals surface area contributed by atoms with Crippen molar-refractivity contribution in [3.63, 3.8) is 0 Å². The topological polar surface area (TPSA) is 86.9 Å². The molecule has 2 heterocycles. The normalized spacial score (nSPS) is 16.3. The van der Waals surface area contributed by atoms with Crippen LogP contribution in [0.3, 0.4) is 0 Å². The summed E-state index contributed by atoms with van der Waals surface area (Å²) in [4.78, 5) is 32.9. The van der Waals surface area contributed by atoms with E-state index in [0.29, 0.717) is 12.4 Å². The molecule has 0 spiro atoms. The molecular formula is C18H16N4O2S. The van der Waals surface area contributed by atoms with Gasteiger partial charge in [0.1, 0.15) is 5.82 Å². The van der Waals surface area contributed by atoms with Crippen LogP contribution >= 0.6 is 11.8 Å². The van der Waals surface area contributed by atoms with Crippen LogP contribution in [0.15, 0.2) is 53.4 Å². The molecule has 6 nitrogen and oxygen atoms in total. The van der Waals surface area contributed by atoms with Gasteiger partial charge >= 0.3 is 0 Å². The summed E-state index contributed by atoms with van der Waals surface area (Å²) in [5.74, 6) is 0.385. The number of rotatable bonds is 4. The maximum atomic E-state index is 12.2. The number of carbonyl (C=O) groups is 2. The molecule has 126 valence electrons.